The van der Waals surface area contributed by atoms with Gasteiger partial charge in [0.05, 0.1) is 17.8 Å². The molecule has 7 nitrogen and oxygen atoms in total. The van der Waals surface area contributed by atoms with Gasteiger partial charge < -0.3 is 15.3 Å². The fraction of sp³-hybridized carbons (Fsp3) is 0.476. The van der Waals surface area contributed by atoms with E-state index in [9.17, 15) is 14.3 Å². The third kappa shape index (κ3) is 3.85. The first-order valence-corrected chi connectivity index (χ1v) is 10.1. The van der Waals surface area contributed by atoms with Gasteiger partial charge in [0.1, 0.15) is 17.6 Å². The average molecular weight is 433 g/mol. The van der Waals surface area contributed by atoms with Crippen molar-refractivity contribution in [2.75, 3.05) is 11.9 Å². The van der Waals surface area contributed by atoms with Gasteiger partial charge in [-0.1, -0.05) is 0 Å². The van der Waals surface area contributed by atoms with Crippen LogP contribution in [0.3, 0.4) is 0 Å². The minimum Gasteiger partial charge on any atom is -0.396 e. The van der Waals surface area contributed by atoms with Crippen LogP contribution in [0.2, 0.25) is 0 Å². The number of nitrogens with one attached hydrogen (secondary N) is 1. The Morgan fingerprint density at radius 3 is 2.94 bits per heavy atom. The number of amides is 2. The van der Waals surface area contributed by atoms with Crippen molar-refractivity contribution in [1.29, 1.82) is 5.26 Å². The van der Waals surface area contributed by atoms with E-state index in [4.69, 9.17) is 5.26 Å². The van der Waals surface area contributed by atoms with Crippen molar-refractivity contribution in [3.05, 3.63) is 46.5 Å². The van der Waals surface area contributed by atoms with Crippen molar-refractivity contribution >= 4 is 11.7 Å². The lowest BCUT2D eigenvalue weighted by Gasteiger charge is -2.34. The molecule has 10 heteroatoms. The fourth-order valence-corrected chi connectivity index (χ4v) is 4.34. The maximum absolute atomic E-state index is 15.1. The maximum atomic E-state index is 15.1. The molecule has 0 radical (unpaired) electrons. The second-order valence-corrected chi connectivity index (χ2v) is 8.16. The second kappa shape index (κ2) is 7.89. The number of anilines is 1. The van der Waals surface area contributed by atoms with Crippen LogP contribution in [-0.4, -0.2) is 38.5 Å². The van der Waals surface area contributed by atoms with E-state index >= 15 is 8.78 Å². The molecule has 1 aromatic carbocycles. The van der Waals surface area contributed by atoms with Crippen molar-refractivity contribution < 1.29 is 23.1 Å². The highest BCUT2D eigenvalue weighted by molar-refractivity contribution is 5.90. The summed E-state index contributed by atoms with van der Waals surface area (Å²) < 4.78 is 45.0. The molecule has 0 unspecified atom stereocenters. The summed E-state index contributed by atoms with van der Waals surface area (Å²) in [6, 6.07) is 4.54. The van der Waals surface area contributed by atoms with Crippen LogP contribution in [0.15, 0.2) is 18.2 Å². The molecule has 164 valence electrons. The molecule has 0 saturated heterocycles. The molecule has 2 aromatic rings. The monoisotopic (exact) mass is 433 g/mol. The summed E-state index contributed by atoms with van der Waals surface area (Å²) in [6.45, 7) is 1.74. The molecule has 0 spiro atoms. The smallest absolute Gasteiger partial charge is 0.322 e. The Labute approximate surface area is 177 Å². The molecule has 2 aliphatic rings. The Balaban J connectivity index is 1.61. The minimum absolute atomic E-state index is 0.0383. The highest BCUT2D eigenvalue weighted by Crippen LogP contribution is 2.42. The van der Waals surface area contributed by atoms with E-state index in [1.54, 1.807) is 13.0 Å². The first-order valence-electron chi connectivity index (χ1n) is 10.1. The van der Waals surface area contributed by atoms with E-state index in [2.05, 4.69) is 10.4 Å². The molecule has 2 amide bonds. The summed E-state index contributed by atoms with van der Waals surface area (Å²) in [4.78, 5) is 14.3. The predicted octanol–water partition coefficient (Wildman–Crippen LogP) is 3.37. The number of aryl methyl sites for hydroxylation is 1. The number of aromatic nitrogens is 2. The van der Waals surface area contributed by atoms with Crippen LogP contribution in [0.1, 0.15) is 42.3 Å². The zero-order chi connectivity index (χ0) is 22.3. The van der Waals surface area contributed by atoms with E-state index in [1.165, 1.54) is 21.7 Å². The van der Waals surface area contributed by atoms with E-state index < -0.39 is 30.1 Å². The van der Waals surface area contributed by atoms with Crippen LogP contribution in [-0.2, 0) is 25.4 Å². The van der Waals surface area contributed by atoms with Gasteiger partial charge in [-0.15, -0.1) is 0 Å². The normalized spacial score (nSPS) is 22.1. The molecule has 1 aromatic heterocycles. The molecule has 0 bridgehead atoms. The van der Waals surface area contributed by atoms with Crippen LogP contribution in [0.5, 0.6) is 0 Å². The van der Waals surface area contributed by atoms with Gasteiger partial charge in [0, 0.05) is 43.3 Å². The molecule has 0 saturated carbocycles. The Morgan fingerprint density at radius 2 is 2.23 bits per heavy atom. The van der Waals surface area contributed by atoms with Gasteiger partial charge in [0.2, 0.25) is 0 Å². The number of nitriles is 1. The average Bonchev–Trinajstić information content (AvgIpc) is 3.03. The van der Waals surface area contributed by atoms with E-state index in [-0.39, 0.29) is 42.7 Å². The van der Waals surface area contributed by atoms with Gasteiger partial charge in [-0.05, 0) is 37.5 Å². The summed E-state index contributed by atoms with van der Waals surface area (Å²) >= 11 is 0. The van der Waals surface area contributed by atoms with Crippen molar-refractivity contribution in [3.8, 4) is 6.07 Å². The molecule has 2 N–H and O–H groups in total. The molecule has 0 aliphatic carbocycles. The topological polar surface area (TPSA) is 94.2 Å². The summed E-state index contributed by atoms with van der Waals surface area (Å²) in [5.74, 6) is -4.36. The number of carbonyl (C=O) groups excluding carboxylic acids is 1. The lowest BCUT2D eigenvalue weighted by Crippen LogP contribution is -2.45. The largest absolute Gasteiger partial charge is 0.396 e. The maximum Gasteiger partial charge on any atom is 0.322 e. The predicted molar refractivity (Wildman–Crippen MR) is 105 cm³/mol. The van der Waals surface area contributed by atoms with Crippen molar-refractivity contribution in [2.24, 2.45) is 5.92 Å². The highest BCUT2D eigenvalue weighted by atomic mass is 19.3. The number of rotatable bonds is 2. The van der Waals surface area contributed by atoms with Crippen molar-refractivity contribution in [3.63, 3.8) is 0 Å². The minimum atomic E-state index is -3.16. The molecular weight excluding hydrogens is 411 g/mol. The summed E-state index contributed by atoms with van der Waals surface area (Å²) in [7, 11) is 0. The zero-order valence-electron chi connectivity index (χ0n) is 16.9. The van der Waals surface area contributed by atoms with Crippen molar-refractivity contribution in [1.82, 2.24) is 14.7 Å². The quantitative estimate of drug-likeness (QED) is 0.759. The Morgan fingerprint density at radius 1 is 1.45 bits per heavy atom. The molecular formula is C21H22F3N5O2. The number of hydrogen-bond donors (Lipinski definition) is 2. The van der Waals surface area contributed by atoms with Gasteiger partial charge >= 0.3 is 6.03 Å². The number of carbonyl (C=O) groups is 1. The van der Waals surface area contributed by atoms with Crippen LogP contribution >= 0.6 is 0 Å². The fourth-order valence-electron chi connectivity index (χ4n) is 4.34. The number of benzene rings is 1. The molecule has 2 aliphatic heterocycles. The number of hydrogen-bond acceptors (Lipinski definition) is 4. The Bertz CT molecular complexity index is 1060. The summed E-state index contributed by atoms with van der Waals surface area (Å²) in [5.41, 5.74) is 0.755. The molecule has 31 heavy (non-hydrogen) atoms. The van der Waals surface area contributed by atoms with Gasteiger partial charge in [-0.2, -0.15) is 19.1 Å². The number of alkyl halides is 2. The zero-order valence-corrected chi connectivity index (χ0v) is 16.9. The first kappa shape index (κ1) is 21.2. The van der Waals surface area contributed by atoms with E-state index in [0.717, 1.165) is 6.07 Å². The molecule has 0 fully saturated rings. The standard InChI is InChI=1S/C21H22F3N5O2/c1-12-6-18-16(19-21(23,24)8-13(11-30)4-5-29(19)27-18)10-28(12)20(31)26-15-2-3-17(22)14(7-15)9-25/h2-3,7,12-13,30H,4-6,8,10-11H2,1H3,(H,26,31)/t12-,13-/m1/s1. The van der Waals surface area contributed by atoms with Crippen LogP contribution < -0.4 is 5.32 Å². The number of aliphatic hydroxyl groups is 1. The van der Waals surface area contributed by atoms with E-state index in [1.807, 2.05) is 0 Å². The highest BCUT2D eigenvalue weighted by Gasteiger charge is 2.45. The third-order valence-electron chi connectivity index (χ3n) is 5.98. The lowest BCUT2D eigenvalue weighted by molar-refractivity contribution is -0.0386. The van der Waals surface area contributed by atoms with Crippen LogP contribution in [0.4, 0.5) is 23.7 Å². The summed E-state index contributed by atoms with van der Waals surface area (Å²) in [6.07, 6.45) is 0.274. The molecule has 2 atom stereocenters. The number of aliphatic hydroxyl groups excluding tert-OH is 1. The number of urea groups is 1. The SMILES string of the molecule is C[C@@H]1Cc2nn3c(c2CN1C(=O)Nc1ccc(F)c(C#N)c1)C(F)(F)C[C@H](CO)CC3. The second-order valence-electron chi connectivity index (χ2n) is 8.16. The van der Waals surface area contributed by atoms with Crippen LogP contribution in [0, 0.1) is 23.1 Å². The Hall–Kier alpha value is -3.06. The molecule has 3 heterocycles. The van der Waals surface area contributed by atoms with Gasteiger partial charge in [-0.3, -0.25) is 4.68 Å². The van der Waals surface area contributed by atoms with Crippen molar-refractivity contribution in [2.45, 2.75) is 51.2 Å². The molecule has 4 rings (SSSR count). The van der Waals surface area contributed by atoms with E-state index in [0.29, 0.717) is 24.1 Å². The number of halogens is 3. The van der Waals surface area contributed by atoms with Gasteiger partial charge in [-0.25, -0.2) is 9.18 Å². The lowest BCUT2D eigenvalue weighted by atomic mass is 9.93. The number of nitrogens with zero attached hydrogens (tertiary/aromatic N) is 4. The summed E-state index contributed by atoms with van der Waals surface area (Å²) in [5, 5.41) is 25.4. The Kier molecular flexibility index (Phi) is 5.39. The van der Waals surface area contributed by atoms with Gasteiger partial charge in [0.15, 0.2) is 0 Å². The number of fused-ring (bicyclic) bond motifs is 3. The third-order valence-corrected chi connectivity index (χ3v) is 5.98. The van der Waals surface area contributed by atoms with Gasteiger partial charge in [0.25, 0.3) is 5.92 Å². The first-order chi connectivity index (χ1) is 14.7. The van der Waals surface area contributed by atoms with Crippen LogP contribution in [0.25, 0.3) is 0 Å².